The Kier molecular flexibility index (Phi) is 4.49. The summed E-state index contributed by atoms with van der Waals surface area (Å²) in [4.78, 5) is 11.5. The molecule has 0 bridgehead atoms. The third-order valence-corrected chi connectivity index (χ3v) is 2.43. The molecule has 84 valence electrons. The largest absolute Gasteiger partial charge is 0.330 e. The number of ketones is 1. The van der Waals surface area contributed by atoms with Crippen LogP contribution in [0, 0.1) is 0 Å². The Morgan fingerprint density at radius 3 is 2.87 bits per heavy atom. The molecule has 1 rings (SSSR count). The Hall–Kier alpha value is -1.16. The molecule has 1 aromatic rings. The lowest BCUT2D eigenvalue weighted by atomic mass is 10.1. The van der Waals surface area contributed by atoms with E-state index in [-0.39, 0.29) is 5.78 Å². The summed E-state index contributed by atoms with van der Waals surface area (Å²) in [5, 5.41) is 4.30. The maximum Gasteiger partial charge on any atom is 0.138 e. The zero-order valence-electron chi connectivity index (χ0n) is 9.49. The summed E-state index contributed by atoms with van der Waals surface area (Å²) in [7, 11) is 1.88. The van der Waals surface area contributed by atoms with Crippen LogP contribution in [0.1, 0.15) is 31.2 Å². The molecule has 0 radical (unpaired) electrons. The fourth-order valence-corrected chi connectivity index (χ4v) is 1.50. The summed E-state index contributed by atoms with van der Waals surface area (Å²) in [6.07, 6.45) is 2.73. The molecule has 1 aromatic heterocycles. The summed E-state index contributed by atoms with van der Waals surface area (Å²) in [6, 6.07) is 2.00. The highest BCUT2D eigenvalue weighted by Crippen LogP contribution is 2.06. The highest BCUT2D eigenvalue weighted by atomic mass is 16.1. The van der Waals surface area contributed by atoms with E-state index in [0.29, 0.717) is 19.4 Å². The first-order valence-corrected chi connectivity index (χ1v) is 5.41. The van der Waals surface area contributed by atoms with Crippen molar-refractivity contribution in [2.24, 2.45) is 12.8 Å². The highest BCUT2D eigenvalue weighted by molar-refractivity contribution is 5.80. The second-order valence-corrected chi connectivity index (χ2v) is 3.71. The average Bonchev–Trinajstić information content (AvgIpc) is 2.57. The molecule has 2 N–H and O–H groups in total. The Morgan fingerprint density at radius 2 is 2.33 bits per heavy atom. The SMILES string of the molecule is CCc1cc(CC(=O)CCCN)n(C)n1. The predicted octanol–water partition coefficient (Wildman–Crippen LogP) is 0.833. The van der Waals surface area contributed by atoms with Gasteiger partial charge in [0.05, 0.1) is 5.69 Å². The van der Waals surface area contributed by atoms with Gasteiger partial charge in [-0.3, -0.25) is 9.48 Å². The van der Waals surface area contributed by atoms with Gasteiger partial charge in [-0.25, -0.2) is 0 Å². The van der Waals surface area contributed by atoms with Gasteiger partial charge in [-0.15, -0.1) is 0 Å². The van der Waals surface area contributed by atoms with E-state index in [9.17, 15) is 4.79 Å². The Bertz CT molecular complexity index is 331. The molecule has 15 heavy (non-hydrogen) atoms. The lowest BCUT2D eigenvalue weighted by Gasteiger charge is -2.00. The number of carbonyl (C=O) groups is 1. The Balaban J connectivity index is 2.55. The van der Waals surface area contributed by atoms with Gasteiger partial charge >= 0.3 is 0 Å². The zero-order chi connectivity index (χ0) is 11.3. The molecule has 0 unspecified atom stereocenters. The molecule has 0 aromatic carbocycles. The summed E-state index contributed by atoms with van der Waals surface area (Å²) < 4.78 is 1.79. The molecule has 0 spiro atoms. The highest BCUT2D eigenvalue weighted by Gasteiger charge is 2.08. The van der Waals surface area contributed by atoms with Crippen molar-refractivity contribution in [2.75, 3.05) is 6.54 Å². The normalized spacial score (nSPS) is 10.6. The second kappa shape index (κ2) is 5.66. The van der Waals surface area contributed by atoms with Crippen molar-refractivity contribution in [3.63, 3.8) is 0 Å². The van der Waals surface area contributed by atoms with E-state index >= 15 is 0 Å². The van der Waals surface area contributed by atoms with Crippen molar-refractivity contribution in [1.29, 1.82) is 0 Å². The molecular formula is C11H19N3O. The van der Waals surface area contributed by atoms with Gasteiger partial charge in [0, 0.05) is 25.6 Å². The number of hydrogen-bond donors (Lipinski definition) is 1. The van der Waals surface area contributed by atoms with Crippen LogP contribution >= 0.6 is 0 Å². The van der Waals surface area contributed by atoms with Crippen molar-refractivity contribution < 1.29 is 4.79 Å². The van der Waals surface area contributed by atoms with Gasteiger partial charge in [-0.05, 0) is 25.5 Å². The number of nitrogens with zero attached hydrogens (tertiary/aromatic N) is 2. The maximum atomic E-state index is 11.5. The number of nitrogens with two attached hydrogens (primary N) is 1. The average molecular weight is 209 g/mol. The number of rotatable bonds is 6. The monoisotopic (exact) mass is 209 g/mol. The Morgan fingerprint density at radius 1 is 1.60 bits per heavy atom. The molecule has 0 fully saturated rings. The number of hydrogen-bond acceptors (Lipinski definition) is 3. The van der Waals surface area contributed by atoms with E-state index < -0.39 is 0 Å². The van der Waals surface area contributed by atoms with Crippen molar-refractivity contribution in [3.8, 4) is 0 Å². The van der Waals surface area contributed by atoms with Crippen LogP contribution in [0.5, 0.6) is 0 Å². The summed E-state index contributed by atoms with van der Waals surface area (Å²) in [5.74, 6) is 0.242. The fraction of sp³-hybridized carbons (Fsp3) is 0.636. The van der Waals surface area contributed by atoms with Crippen LogP contribution in [0.3, 0.4) is 0 Å². The smallest absolute Gasteiger partial charge is 0.138 e. The van der Waals surface area contributed by atoms with E-state index in [1.807, 2.05) is 13.1 Å². The first-order valence-electron chi connectivity index (χ1n) is 5.41. The van der Waals surface area contributed by atoms with Gasteiger partial charge in [0.2, 0.25) is 0 Å². The molecule has 0 aliphatic heterocycles. The van der Waals surface area contributed by atoms with Crippen LogP contribution in [0.4, 0.5) is 0 Å². The molecule has 0 aliphatic carbocycles. The molecule has 1 heterocycles. The van der Waals surface area contributed by atoms with Gasteiger partial charge in [0.25, 0.3) is 0 Å². The Labute approximate surface area is 90.5 Å². The molecule has 0 saturated carbocycles. The first kappa shape index (κ1) is 11.9. The van der Waals surface area contributed by atoms with Gasteiger partial charge in [-0.2, -0.15) is 5.10 Å². The minimum atomic E-state index is 0.242. The van der Waals surface area contributed by atoms with E-state index in [0.717, 1.165) is 24.2 Å². The van der Waals surface area contributed by atoms with Crippen LogP contribution < -0.4 is 5.73 Å². The van der Waals surface area contributed by atoms with Crippen molar-refractivity contribution >= 4 is 5.78 Å². The van der Waals surface area contributed by atoms with E-state index in [1.54, 1.807) is 4.68 Å². The molecule has 0 aliphatic rings. The number of aryl methyl sites for hydroxylation is 2. The van der Waals surface area contributed by atoms with E-state index in [4.69, 9.17) is 5.73 Å². The summed E-state index contributed by atoms with van der Waals surface area (Å²) in [6.45, 7) is 2.64. The van der Waals surface area contributed by atoms with Gasteiger partial charge in [0.15, 0.2) is 0 Å². The summed E-state index contributed by atoms with van der Waals surface area (Å²) >= 11 is 0. The van der Waals surface area contributed by atoms with E-state index in [1.165, 1.54) is 0 Å². The molecule has 4 nitrogen and oxygen atoms in total. The molecule has 0 saturated heterocycles. The van der Waals surface area contributed by atoms with Crippen LogP contribution in [-0.4, -0.2) is 22.1 Å². The van der Waals surface area contributed by atoms with Gasteiger partial charge in [0.1, 0.15) is 5.78 Å². The minimum Gasteiger partial charge on any atom is -0.330 e. The molecular weight excluding hydrogens is 190 g/mol. The predicted molar refractivity (Wildman–Crippen MR) is 59.6 cm³/mol. The summed E-state index contributed by atoms with van der Waals surface area (Å²) in [5.41, 5.74) is 7.39. The maximum absolute atomic E-state index is 11.5. The van der Waals surface area contributed by atoms with Crippen molar-refractivity contribution in [2.45, 2.75) is 32.6 Å². The first-order chi connectivity index (χ1) is 7.17. The third kappa shape index (κ3) is 3.47. The third-order valence-electron chi connectivity index (χ3n) is 2.43. The fourth-order valence-electron chi connectivity index (χ4n) is 1.50. The van der Waals surface area contributed by atoms with Crippen LogP contribution in [-0.2, 0) is 24.7 Å². The van der Waals surface area contributed by atoms with Crippen LogP contribution in [0.2, 0.25) is 0 Å². The number of Topliss-reactive ketones (excluding diaryl/α,β-unsaturated/α-hetero) is 1. The molecule has 0 atom stereocenters. The van der Waals surface area contributed by atoms with Crippen LogP contribution in [0.25, 0.3) is 0 Å². The van der Waals surface area contributed by atoms with Gasteiger partial charge < -0.3 is 5.73 Å². The second-order valence-electron chi connectivity index (χ2n) is 3.71. The minimum absolute atomic E-state index is 0.242. The van der Waals surface area contributed by atoms with Crippen LogP contribution in [0.15, 0.2) is 6.07 Å². The van der Waals surface area contributed by atoms with Gasteiger partial charge in [-0.1, -0.05) is 6.92 Å². The topological polar surface area (TPSA) is 60.9 Å². The van der Waals surface area contributed by atoms with E-state index in [2.05, 4.69) is 12.0 Å². The number of aromatic nitrogens is 2. The quantitative estimate of drug-likeness (QED) is 0.755. The zero-order valence-corrected chi connectivity index (χ0v) is 9.49. The number of carbonyl (C=O) groups excluding carboxylic acids is 1. The van der Waals surface area contributed by atoms with Crippen molar-refractivity contribution in [1.82, 2.24) is 9.78 Å². The lowest BCUT2D eigenvalue weighted by Crippen LogP contribution is -2.09. The molecule has 0 amide bonds. The molecule has 4 heteroatoms. The lowest BCUT2D eigenvalue weighted by molar-refractivity contribution is -0.118. The van der Waals surface area contributed by atoms with Crippen molar-refractivity contribution in [3.05, 3.63) is 17.5 Å². The standard InChI is InChI=1S/C11H19N3O/c1-3-9-7-10(14(2)13-9)8-11(15)5-4-6-12/h7H,3-6,8,12H2,1-2H3.